The van der Waals surface area contributed by atoms with Crippen LogP contribution in [0.3, 0.4) is 0 Å². The van der Waals surface area contributed by atoms with Crippen molar-refractivity contribution in [3.63, 3.8) is 0 Å². The van der Waals surface area contributed by atoms with Gasteiger partial charge in [0, 0.05) is 19.4 Å². The molecule has 0 bridgehead atoms. The standard InChI is InChI=1S/C17H26O2/c1-4-6-15-11-17(18,9-10-19-15)12-16-13(2)7-5-8-14(16)3/h5,7-8,15,18H,4,6,9-12H2,1-3H3. The number of ether oxygens (including phenoxy) is 1. The molecule has 0 spiro atoms. The van der Waals surface area contributed by atoms with Gasteiger partial charge >= 0.3 is 0 Å². The molecule has 106 valence electrons. The Balaban J connectivity index is 2.12. The maximum Gasteiger partial charge on any atom is 0.0734 e. The summed E-state index contributed by atoms with van der Waals surface area (Å²) in [5.41, 5.74) is 3.29. The van der Waals surface area contributed by atoms with E-state index in [2.05, 4.69) is 39.0 Å². The second-order valence-electron chi connectivity index (χ2n) is 6.01. The highest BCUT2D eigenvalue weighted by atomic mass is 16.5. The molecule has 1 aromatic carbocycles. The zero-order chi connectivity index (χ0) is 13.9. The summed E-state index contributed by atoms with van der Waals surface area (Å²) >= 11 is 0. The molecule has 2 heteroatoms. The van der Waals surface area contributed by atoms with E-state index in [4.69, 9.17) is 4.74 Å². The predicted octanol–water partition coefficient (Wildman–Crippen LogP) is 3.56. The van der Waals surface area contributed by atoms with E-state index in [9.17, 15) is 5.11 Å². The molecule has 0 saturated carbocycles. The van der Waals surface area contributed by atoms with Gasteiger partial charge in [-0.05, 0) is 43.4 Å². The van der Waals surface area contributed by atoms with Crippen molar-refractivity contribution in [2.24, 2.45) is 0 Å². The summed E-state index contributed by atoms with van der Waals surface area (Å²) in [6.45, 7) is 7.12. The maximum atomic E-state index is 10.9. The molecule has 19 heavy (non-hydrogen) atoms. The summed E-state index contributed by atoms with van der Waals surface area (Å²) in [7, 11) is 0. The second-order valence-corrected chi connectivity index (χ2v) is 6.01. The lowest BCUT2D eigenvalue weighted by atomic mass is 9.81. The summed E-state index contributed by atoms with van der Waals surface area (Å²) in [6.07, 6.45) is 4.68. The van der Waals surface area contributed by atoms with Crippen LogP contribution in [0, 0.1) is 13.8 Å². The van der Waals surface area contributed by atoms with Crippen molar-refractivity contribution in [3.8, 4) is 0 Å². The predicted molar refractivity (Wildman–Crippen MR) is 78.5 cm³/mol. The van der Waals surface area contributed by atoms with Crippen molar-refractivity contribution in [1.29, 1.82) is 0 Å². The average molecular weight is 262 g/mol. The summed E-state index contributed by atoms with van der Waals surface area (Å²) in [6, 6.07) is 6.35. The monoisotopic (exact) mass is 262 g/mol. The van der Waals surface area contributed by atoms with Crippen LogP contribution in [0.25, 0.3) is 0 Å². The normalized spacial score (nSPS) is 27.5. The fraction of sp³-hybridized carbons (Fsp3) is 0.647. The number of hydrogen-bond donors (Lipinski definition) is 1. The second kappa shape index (κ2) is 6.06. The lowest BCUT2D eigenvalue weighted by Gasteiger charge is -2.37. The molecule has 2 atom stereocenters. The molecule has 1 heterocycles. The number of rotatable bonds is 4. The van der Waals surface area contributed by atoms with Crippen molar-refractivity contribution in [2.45, 2.75) is 64.6 Å². The van der Waals surface area contributed by atoms with Gasteiger partial charge in [-0.15, -0.1) is 0 Å². The molecule has 2 nitrogen and oxygen atoms in total. The zero-order valence-electron chi connectivity index (χ0n) is 12.4. The third kappa shape index (κ3) is 3.58. The van der Waals surface area contributed by atoms with E-state index >= 15 is 0 Å². The van der Waals surface area contributed by atoms with Crippen molar-refractivity contribution >= 4 is 0 Å². The third-order valence-electron chi connectivity index (χ3n) is 4.29. The average Bonchev–Trinajstić information content (AvgIpc) is 2.35. The summed E-state index contributed by atoms with van der Waals surface area (Å²) in [5, 5.41) is 10.9. The highest BCUT2D eigenvalue weighted by Crippen LogP contribution is 2.32. The molecule has 0 amide bonds. The van der Waals surface area contributed by atoms with E-state index in [1.165, 1.54) is 16.7 Å². The molecule has 2 unspecified atom stereocenters. The Bertz CT molecular complexity index is 405. The van der Waals surface area contributed by atoms with Gasteiger partial charge in [-0.3, -0.25) is 0 Å². The van der Waals surface area contributed by atoms with Crippen molar-refractivity contribution in [2.75, 3.05) is 6.61 Å². The lowest BCUT2D eigenvalue weighted by molar-refractivity contribution is -0.105. The van der Waals surface area contributed by atoms with Gasteiger partial charge in [0.15, 0.2) is 0 Å². The zero-order valence-corrected chi connectivity index (χ0v) is 12.4. The van der Waals surface area contributed by atoms with Gasteiger partial charge in [-0.2, -0.15) is 0 Å². The van der Waals surface area contributed by atoms with E-state index in [-0.39, 0.29) is 6.10 Å². The van der Waals surface area contributed by atoms with Crippen molar-refractivity contribution in [3.05, 3.63) is 34.9 Å². The van der Waals surface area contributed by atoms with E-state index < -0.39 is 5.60 Å². The van der Waals surface area contributed by atoms with Gasteiger partial charge in [0.25, 0.3) is 0 Å². The molecule has 1 saturated heterocycles. The molecule has 0 aromatic heterocycles. The first kappa shape index (κ1) is 14.5. The first-order valence-corrected chi connectivity index (χ1v) is 7.43. The molecule has 2 rings (SSSR count). The van der Waals surface area contributed by atoms with Crippen LogP contribution in [-0.4, -0.2) is 23.4 Å². The highest BCUT2D eigenvalue weighted by molar-refractivity contribution is 5.34. The van der Waals surface area contributed by atoms with Gasteiger partial charge in [0.05, 0.1) is 11.7 Å². The molecular formula is C17H26O2. The van der Waals surface area contributed by atoms with Crippen LogP contribution >= 0.6 is 0 Å². The first-order chi connectivity index (χ1) is 9.04. The van der Waals surface area contributed by atoms with Crippen LogP contribution < -0.4 is 0 Å². The van der Waals surface area contributed by atoms with Crippen molar-refractivity contribution < 1.29 is 9.84 Å². The lowest BCUT2D eigenvalue weighted by Crippen LogP contribution is -2.42. The molecule has 0 radical (unpaired) electrons. The molecule has 1 aromatic rings. The SMILES string of the molecule is CCCC1CC(O)(Cc2c(C)cccc2C)CCO1. The molecule has 1 N–H and O–H groups in total. The smallest absolute Gasteiger partial charge is 0.0734 e. The fourth-order valence-electron chi connectivity index (χ4n) is 3.13. The molecule has 0 aliphatic carbocycles. The third-order valence-corrected chi connectivity index (χ3v) is 4.29. The summed E-state index contributed by atoms with van der Waals surface area (Å²) < 4.78 is 5.75. The van der Waals surface area contributed by atoms with Crippen molar-refractivity contribution in [1.82, 2.24) is 0 Å². The Labute approximate surface area is 116 Å². The minimum absolute atomic E-state index is 0.230. The van der Waals surface area contributed by atoms with Gasteiger partial charge in [-0.1, -0.05) is 31.5 Å². The van der Waals surface area contributed by atoms with Crippen LogP contribution in [0.1, 0.15) is 49.3 Å². The van der Waals surface area contributed by atoms with Gasteiger partial charge in [-0.25, -0.2) is 0 Å². The van der Waals surface area contributed by atoms with Crippen LogP contribution in [-0.2, 0) is 11.2 Å². The largest absolute Gasteiger partial charge is 0.389 e. The van der Waals surface area contributed by atoms with E-state index in [0.717, 1.165) is 32.1 Å². The Kier molecular flexibility index (Phi) is 4.64. The van der Waals surface area contributed by atoms with Crippen LogP contribution in [0.4, 0.5) is 0 Å². The highest BCUT2D eigenvalue weighted by Gasteiger charge is 2.35. The van der Waals surface area contributed by atoms with E-state index in [0.29, 0.717) is 6.61 Å². The fourth-order valence-corrected chi connectivity index (χ4v) is 3.13. The van der Waals surface area contributed by atoms with Crippen LogP contribution in [0.15, 0.2) is 18.2 Å². The summed E-state index contributed by atoms with van der Waals surface area (Å²) in [5.74, 6) is 0. The number of hydrogen-bond acceptors (Lipinski definition) is 2. The first-order valence-electron chi connectivity index (χ1n) is 7.43. The van der Waals surface area contributed by atoms with Crippen LogP contribution in [0.2, 0.25) is 0 Å². The number of aliphatic hydroxyl groups is 1. The Morgan fingerprint density at radius 1 is 1.32 bits per heavy atom. The molecule has 1 fully saturated rings. The Hall–Kier alpha value is -0.860. The minimum Gasteiger partial charge on any atom is -0.389 e. The molecule has 1 aliphatic rings. The quantitative estimate of drug-likeness (QED) is 0.899. The van der Waals surface area contributed by atoms with Gasteiger partial charge in [0.1, 0.15) is 0 Å². The van der Waals surface area contributed by atoms with Crippen LogP contribution in [0.5, 0.6) is 0 Å². The molecule has 1 aliphatic heterocycles. The number of benzene rings is 1. The minimum atomic E-state index is -0.588. The van der Waals surface area contributed by atoms with Gasteiger partial charge < -0.3 is 9.84 Å². The summed E-state index contributed by atoms with van der Waals surface area (Å²) in [4.78, 5) is 0. The van der Waals surface area contributed by atoms with E-state index in [1.807, 2.05) is 0 Å². The Morgan fingerprint density at radius 3 is 2.63 bits per heavy atom. The van der Waals surface area contributed by atoms with Gasteiger partial charge in [0.2, 0.25) is 0 Å². The number of aryl methyl sites for hydroxylation is 2. The maximum absolute atomic E-state index is 10.9. The Morgan fingerprint density at radius 2 is 2.00 bits per heavy atom. The topological polar surface area (TPSA) is 29.5 Å². The molecular weight excluding hydrogens is 236 g/mol. The van der Waals surface area contributed by atoms with E-state index in [1.54, 1.807) is 0 Å².